The number of hydrogen-bond acceptors (Lipinski definition) is 7. The third kappa shape index (κ3) is 6.25. The lowest BCUT2D eigenvalue weighted by atomic mass is 10.1. The highest BCUT2D eigenvalue weighted by Gasteiger charge is 2.07. The summed E-state index contributed by atoms with van der Waals surface area (Å²) in [6.07, 6.45) is 7.88. The van der Waals surface area contributed by atoms with Gasteiger partial charge in [0.1, 0.15) is 11.6 Å². The Morgan fingerprint density at radius 3 is 2.81 bits per heavy atom. The van der Waals surface area contributed by atoms with Gasteiger partial charge >= 0.3 is 0 Å². The average Bonchev–Trinajstić information content (AvgIpc) is 3.07. The predicted octanol–water partition coefficient (Wildman–Crippen LogP) is 3.53. The van der Waals surface area contributed by atoms with Crippen molar-refractivity contribution in [2.45, 2.75) is 39.5 Å². The third-order valence-corrected chi connectivity index (χ3v) is 3.71. The highest BCUT2D eigenvalue weighted by molar-refractivity contribution is 5.78. The van der Waals surface area contributed by atoms with Crippen LogP contribution in [0, 0.1) is 6.92 Å². The zero-order valence-electron chi connectivity index (χ0n) is 16.1. The van der Waals surface area contributed by atoms with Crippen LogP contribution in [0.4, 0.5) is 5.69 Å². The summed E-state index contributed by atoms with van der Waals surface area (Å²) in [5.41, 5.74) is 7.32. The van der Waals surface area contributed by atoms with Crippen LogP contribution in [0.25, 0.3) is 6.08 Å². The second kappa shape index (κ2) is 10.1. The fraction of sp³-hybridized carbons (Fsp3) is 0.368. The molecule has 0 radical (unpaired) electrons. The molecular formula is C19H26N6O2. The van der Waals surface area contributed by atoms with Gasteiger partial charge in [0, 0.05) is 25.6 Å². The number of nitrogens with zero attached hydrogens (tertiary/aromatic N) is 5. The van der Waals surface area contributed by atoms with Crippen molar-refractivity contribution < 1.29 is 9.15 Å². The number of aromatic nitrogens is 2. The molecule has 0 bridgehead atoms. The number of benzene rings is 1. The summed E-state index contributed by atoms with van der Waals surface area (Å²) in [5.74, 6) is 2.47. The Bertz CT molecular complexity index is 808. The molecule has 0 spiro atoms. The van der Waals surface area contributed by atoms with E-state index in [1.807, 2.05) is 24.3 Å². The first-order valence-corrected chi connectivity index (χ1v) is 8.74. The quantitative estimate of drug-likeness (QED) is 0.297. The van der Waals surface area contributed by atoms with Crippen LogP contribution in [0.2, 0.25) is 0 Å². The van der Waals surface area contributed by atoms with E-state index in [2.05, 4.69) is 33.2 Å². The van der Waals surface area contributed by atoms with Gasteiger partial charge in [0.2, 0.25) is 11.8 Å². The summed E-state index contributed by atoms with van der Waals surface area (Å²) < 4.78 is 10.8. The molecule has 0 amide bonds. The van der Waals surface area contributed by atoms with Gasteiger partial charge in [-0.2, -0.15) is 10.2 Å². The van der Waals surface area contributed by atoms with Crippen LogP contribution in [-0.2, 0) is 6.42 Å². The standard InChI is InChI=1S/C19H26N6O2/c1-14(20)24-25(21-3)17-11-12-18(26-4)16(13-17)9-7-5-6-8-10-19-23-22-15(2)27-19/h7,9,11-13H,3,5-6,8,10H2,1-2,4H3,(H2,20,24)/b9-7+. The molecule has 0 fully saturated rings. The van der Waals surface area contributed by atoms with Gasteiger partial charge in [0.25, 0.3) is 0 Å². The Kier molecular flexibility index (Phi) is 7.54. The molecule has 8 heteroatoms. The van der Waals surface area contributed by atoms with Crippen LogP contribution in [0.1, 0.15) is 43.5 Å². The van der Waals surface area contributed by atoms with Gasteiger partial charge in [-0.25, -0.2) is 0 Å². The topological polar surface area (TPSA) is 102 Å². The lowest BCUT2D eigenvalue weighted by Gasteiger charge is -2.14. The van der Waals surface area contributed by atoms with Gasteiger partial charge in [-0.15, -0.1) is 15.3 Å². The molecule has 0 unspecified atom stereocenters. The first-order valence-electron chi connectivity index (χ1n) is 8.74. The summed E-state index contributed by atoms with van der Waals surface area (Å²) in [7, 11) is 1.64. The average molecular weight is 370 g/mol. The maximum atomic E-state index is 5.64. The summed E-state index contributed by atoms with van der Waals surface area (Å²) in [6.45, 7) is 7.02. The van der Waals surface area contributed by atoms with Gasteiger partial charge < -0.3 is 14.9 Å². The number of rotatable bonds is 10. The number of ether oxygens (including phenoxy) is 1. The molecule has 0 saturated carbocycles. The predicted molar refractivity (Wildman–Crippen MR) is 108 cm³/mol. The van der Waals surface area contributed by atoms with E-state index in [0.717, 1.165) is 42.7 Å². The second-order valence-electron chi connectivity index (χ2n) is 5.96. The first kappa shape index (κ1) is 20.2. The minimum atomic E-state index is 0.395. The van der Waals surface area contributed by atoms with Crippen molar-refractivity contribution in [3.05, 3.63) is 41.6 Å². The highest BCUT2D eigenvalue weighted by Crippen LogP contribution is 2.27. The molecule has 1 aromatic heterocycles. The number of amidine groups is 1. The number of aryl methyl sites for hydroxylation is 2. The van der Waals surface area contributed by atoms with Crippen molar-refractivity contribution in [2.24, 2.45) is 15.9 Å². The lowest BCUT2D eigenvalue weighted by molar-refractivity contribution is 0.414. The molecule has 0 aliphatic heterocycles. The van der Waals surface area contributed by atoms with Gasteiger partial charge in [-0.05, 0) is 44.4 Å². The van der Waals surface area contributed by atoms with Crippen LogP contribution in [-0.4, -0.2) is 29.9 Å². The van der Waals surface area contributed by atoms with Gasteiger partial charge in [0.15, 0.2) is 0 Å². The molecule has 0 aliphatic rings. The number of nitrogens with two attached hydrogens (primary N) is 1. The molecule has 144 valence electrons. The fourth-order valence-electron chi connectivity index (χ4n) is 2.48. The molecule has 8 nitrogen and oxygen atoms in total. The van der Waals surface area contributed by atoms with Gasteiger partial charge in [-0.1, -0.05) is 12.2 Å². The molecule has 2 rings (SSSR count). The number of hydrazone groups is 2. The number of anilines is 1. The molecule has 2 N–H and O–H groups in total. The summed E-state index contributed by atoms with van der Waals surface area (Å²) >= 11 is 0. The summed E-state index contributed by atoms with van der Waals surface area (Å²) in [4.78, 5) is 0. The fourth-order valence-corrected chi connectivity index (χ4v) is 2.48. The first-order chi connectivity index (χ1) is 13.0. The van der Waals surface area contributed by atoms with Crippen molar-refractivity contribution in [1.82, 2.24) is 10.2 Å². The van der Waals surface area contributed by atoms with Crippen molar-refractivity contribution in [3.63, 3.8) is 0 Å². The van der Waals surface area contributed by atoms with Crippen molar-refractivity contribution in [3.8, 4) is 5.75 Å². The smallest absolute Gasteiger partial charge is 0.216 e. The van der Waals surface area contributed by atoms with Crippen LogP contribution >= 0.6 is 0 Å². The number of unbranched alkanes of at least 4 members (excludes halogenated alkanes) is 2. The van der Waals surface area contributed by atoms with Crippen LogP contribution in [0.3, 0.4) is 0 Å². The lowest BCUT2D eigenvalue weighted by Crippen LogP contribution is -2.15. The van der Waals surface area contributed by atoms with E-state index in [-0.39, 0.29) is 0 Å². The van der Waals surface area contributed by atoms with E-state index in [4.69, 9.17) is 14.9 Å². The monoisotopic (exact) mass is 370 g/mol. The van der Waals surface area contributed by atoms with Gasteiger partial charge in [0.05, 0.1) is 12.8 Å². The van der Waals surface area contributed by atoms with Crippen molar-refractivity contribution >= 4 is 24.3 Å². The Morgan fingerprint density at radius 1 is 1.37 bits per heavy atom. The van der Waals surface area contributed by atoms with E-state index in [1.54, 1.807) is 21.0 Å². The molecule has 0 aliphatic carbocycles. The Balaban J connectivity index is 1.96. The largest absolute Gasteiger partial charge is 0.496 e. The van der Waals surface area contributed by atoms with Crippen LogP contribution in [0.5, 0.6) is 5.75 Å². The summed E-state index contributed by atoms with van der Waals surface area (Å²) in [5, 5.41) is 17.2. The van der Waals surface area contributed by atoms with Crippen molar-refractivity contribution in [2.75, 3.05) is 12.2 Å². The van der Waals surface area contributed by atoms with E-state index >= 15 is 0 Å². The van der Waals surface area contributed by atoms with Crippen LogP contribution in [0.15, 0.2) is 38.9 Å². The minimum absolute atomic E-state index is 0.395. The molecule has 27 heavy (non-hydrogen) atoms. The maximum absolute atomic E-state index is 5.64. The maximum Gasteiger partial charge on any atom is 0.216 e. The highest BCUT2D eigenvalue weighted by atomic mass is 16.5. The van der Waals surface area contributed by atoms with E-state index in [9.17, 15) is 0 Å². The Morgan fingerprint density at radius 2 is 2.19 bits per heavy atom. The zero-order valence-corrected chi connectivity index (χ0v) is 16.1. The molecule has 0 saturated heterocycles. The summed E-state index contributed by atoms with van der Waals surface area (Å²) in [6, 6.07) is 5.65. The molecule has 1 heterocycles. The van der Waals surface area contributed by atoms with E-state index in [1.165, 1.54) is 5.12 Å². The third-order valence-electron chi connectivity index (χ3n) is 3.71. The van der Waals surface area contributed by atoms with Crippen LogP contribution < -0.4 is 15.6 Å². The van der Waals surface area contributed by atoms with Gasteiger partial charge in [-0.3, -0.25) is 0 Å². The second-order valence-corrected chi connectivity index (χ2v) is 5.96. The minimum Gasteiger partial charge on any atom is -0.496 e. The Hall–Kier alpha value is -3.16. The molecule has 1 aromatic carbocycles. The van der Waals surface area contributed by atoms with E-state index < -0.39 is 0 Å². The number of allylic oxidation sites excluding steroid dienone is 1. The molecule has 0 atom stereocenters. The SMILES string of the molecule is C=NN(/N=C(/C)N)c1ccc(OC)c(/C=C/CCCCc2nnc(C)o2)c1. The van der Waals surface area contributed by atoms with E-state index in [0.29, 0.717) is 17.6 Å². The number of hydrogen-bond donors (Lipinski definition) is 1. The van der Waals surface area contributed by atoms with Crippen molar-refractivity contribution in [1.29, 1.82) is 0 Å². The molecule has 2 aromatic rings. The Labute approximate surface area is 159 Å². The molecular weight excluding hydrogens is 344 g/mol. The number of methoxy groups -OCH3 is 1. The zero-order chi connectivity index (χ0) is 19.6. The normalized spacial score (nSPS) is 11.7.